The molecule has 1 aromatic carbocycles. The number of benzene rings is 1. The van der Waals surface area contributed by atoms with Gasteiger partial charge in [0.1, 0.15) is 23.9 Å². The van der Waals surface area contributed by atoms with E-state index >= 15 is 0 Å². The molecule has 2 aromatic rings. The number of carbonyl (C=O) groups excluding carboxylic acids is 3. The zero-order valence-corrected chi connectivity index (χ0v) is 22.5. The van der Waals surface area contributed by atoms with Crippen molar-refractivity contribution in [2.75, 3.05) is 13.1 Å². The second kappa shape index (κ2) is 15.2. The number of carboxylic acids is 1. The fourth-order valence-electron chi connectivity index (χ4n) is 4.39. The molecule has 2 heterocycles. The molecular weight excluding hydrogens is 534 g/mol. The first-order chi connectivity index (χ1) is 19.6. The molecule has 41 heavy (non-hydrogen) atoms. The van der Waals surface area contributed by atoms with Gasteiger partial charge in [0, 0.05) is 31.3 Å². The summed E-state index contributed by atoms with van der Waals surface area (Å²) in [5, 5.41) is 30.3. The summed E-state index contributed by atoms with van der Waals surface area (Å²) in [6.45, 7) is 0.877. The fraction of sp³-hybridized carbons (Fsp3) is 0.462. The van der Waals surface area contributed by atoms with Gasteiger partial charge in [-0.05, 0) is 49.9 Å². The Morgan fingerprint density at radius 2 is 1.73 bits per heavy atom. The Bertz CT molecular complexity index is 1190. The van der Waals surface area contributed by atoms with Crippen molar-refractivity contribution < 1.29 is 29.4 Å². The first-order valence-corrected chi connectivity index (χ1v) is 13.3. The summed E-state index contributed by atoms with van der Waals surface area (Å²) in [6.07, 6.45) is 4.88. The molecule has 1 aliphatic heterocycles. The van der Waals surface area contributed by atoms with Gasteiger partial charge in [-0.15, -0.1) is 0 Å². The zero-order valence-electron chi connectivity index (χ0n) is 22.5. The Hall–Kier alpha value is -4.66. The maximum atomic E-state index is 13.5. The molecular formula is C26H37N9O6. The minimum absolute atomic E-state index is 0.0219. The molecule has 1 fully saturated rings. The number of phenolic OH excluding ortho intramolecular Hbond substituents is 1. The molecule has 3 rings (SSSR count). The lowest BCUT2D eigenvalue weighted by Crippen LogP contribution is -2.57. The number of hydrogen-bond acceptors (Lipinski definition) is 8. The maximum Gasteiger partial charge on any atom is 0.326 e. The molecule has 15 heteroatoms. The number of aromatic amines is 1. The van der Waals surface area contributed by atoms with Gasteiger partial charge in [0.05, 0.1) is 12.4 Å². The van der Waals surface area contributed by atoms with E-state index in [4.69, 9.17) is 11.5 Å². The van der Waals surface area contributed by atoms with Gasteiger partial charge in [-0.25, -0.2) is 9.78 Å². The minimum atomic E-state index is -1.31. The van der Waals surface area contributed by atoms with Crippen LogP contribution in [-0.4, -0.2) is 87.1 Å². The standard InChI is InChI=1S/C26H37N9O6/c27-26(28)31-10-2-4-19(23(38)35-21(25(40)41)11-15-5-7-17(36)8-6-15)33-24(39)20(12-16-13-29-14-32-16)34-22(37)18-3-1-9-30-18/h5-8,13-14,18-21,30,36H,1-4,9-12H2,(H,29,32)(H,33,39)(H,34,37)(H,35,38)(H,40,41)(H4,27,28,31)/t18-,19-,20-,21-/m0/s1. The van der Waals surface area contributed by atoms with E-state index in [1.54, 1.807) is 12.1 Å². The zero-order chi connectivity index (χ0) is 29.8. The van der Waals surface area contributed by atoms with Crippen LogP contribution in [-0.2, 0) is 32.0 Å². The Morgan fingerprint density at radius 1 is 1.02 bits per heavy atom. The van der Waals surface area contributed by atoms with Crippen LogP contribution < -0.4 is 32.7 Å². The van der Waals surface area contributed by atoms with Gasteiger partial charge in [-0.3, -0.25) is 19.4 Å². The number of guanidine groups is 1. The van der Waals surface area contributed by atoms with E-state index in [1.807, 2.05) is 0 Å². The Morgan fingerprint density at radius 3 is 2.34 bits per heavy atom. The van der Waals surface area contributed by atoms with E-state index in [1.165, 1.54) is 24.7 Å². The van der Waals surface area contributed by atoms with Crippen LogP contribution in [0.5, 0.6) is 5.75 Å². The SMILES string of the molecule is NC(N)=NCCC[C@H](NC(=O)[C@H](Cc1cnc[nH]1)NC(=O)[C@@H]1CCCN1)C(=O)N[C@@H](Cc1ccc(O)cc1)C(=O)O. The topological polar surface area (TPSA) is 250 Å². The number of hydrogen-bond donors (Lipinski definition) is 9. The second-order valence-corrected chi connectivity index (χ2v) is 9.77. The predicted molar refractivity (Wildman–Crippen MR) is 148 cm³/mol. The number of nitrogens with zero attached hydrogens (tertiary/aromatic N) is 2. The van der Waals surface area contributed by atoms with Crippen LogP contribution in [0.25, 0.3) is 0 Å². The lowest BCUT2D eigenvalue weighted by molar-refractivity contribution is -0.142. The summed E-state index contributed by atoms with van der Waals surface area (Å²) >= 11 is 0. The fourth-order valence-corrected chi connectivity index (χ4v) is 4.39. The van der Waals surface area contributed by atoms with Crippen molar-refractivity contribution in [1.82, 2.24) is 31.2 Å². The van der Waals surface area contributed by atoms with Crippen molar-refractivity contribution in [1.29, 1.82) is 0 Å². The highest BCUT2D eigenvalue weighted by molar-refractivity contribution is 5.94. The van der Waals surface area contributed by atoms with E-state index in [0.29, 0.717) is 30.6 Å². The number of phenols is 1. The molecule has 0 radical (unpaired) electrons. The lowest BCUT2D eigenvalue weighted by atomic mass is 10.0. The number of aliphatic imine (C=N–C) groups is 1. The van der Waals surface area contributed by atoms with Gasteiger partial charge in [0.25, 0.3) is 0 Å². The molecule has 0 saturated carbocycles. The van der Waals surface area contributed by atoms with Crippen molar-refractivity contribution >= 4 is 29.7 Å². The van der Waals surface area contributed by atoms with Gasteiger partial charge < -0.3 is 47.9 Å². The quantitative estimate of drug-likeness (QED) is 0.0662. The summed E-state index contributed by atoms with van der Waals surface area (Å²) in [6, 6.07) is 2.01. The average molecular weight is 572 g/mol. The number of H-pyrrole nitrogens is 1. The summed E-state index contributed by atoms with van der Waals surface area (Å²) in [5.41, 5.74) is 11.9. The molecule has 0 unspecified atom stereocenters. The van der Waals surface area contributed by atoms with Crippen LogP contribution >= 0.6 is 0 Å². The molecule has 4 atom stereocenters. The monoisotopic (exact) mass is 571 g/mol. The number of rotatable bonds is 15. The molecule has 0 spiro atoms. The van der Waals surface area contributed by atoms with Crippen molar-refractivity contribution in [2.45, 2.75) is 62.7 Å². The number of amides is 3. The van der Waals surface area contributed by atoms with Gasteiger partial charge in [-0.2, -0.15) is 0 Å². The van der Waals surface area contributed by atoms with Crippen molar-refractivity contribution in [3.05, 3.63) is 48.0 Å². The summed E-state index contributed by atoms with van der Waals surface area (Å²) in [5.74, 6) is -3.07. The second-order valence-electron chi connectivity index (χ2n) is 9.77. The van der Waals surface area contributed by atoms with Gasteiger partial charge in [0.2, 0.25) is 17.7 Å². The minimum Gasteiger partial charge on any atom is -0.508 e. The van der Waals surface area contributed by atoms with E-state index in [9.17, 15) is 29.4 Å². The predicted octanol–water partition coefficient (Wildman–Crippen LogP) is -1.75. The third kappa shape index (κ3) is 10.1. The number of nitrogens with one attached hydrogen (secondary N) is 5. The average Bonchev–Trinajstić information content (AvgIpc) is 3.65. The first-order valence-electron chi connectivity index (χ1n) is 13.3. The molecule has 1 aliphatic rings. The molecule has 1 saturated heterocycles. The lowest BCUT2D eigenvalue weighted by Gasteiger charge is -2.25. The number of carbonyl (C=O) groups is 4. The number of imidazole rings is 1. The molecule has 1 aromatic heterocycles. The molecule has 15 nitrogen and oxygen atoms in total. The van der Waals surface area contributed by atoms with Crippen LogP contribution in [0.1, 0.15) is 36.9 Å². The summed E-state index contributed by atoms with van der Waals surface area (Å²) < 4.78 is 0. The van der Waals surface area contributed by atoms with Crippen LogP contribution in [0.4, 0.5) is 0 Å². The smallest absolute Gasteiger partial charge is 0.326 e. The van der Waals surface area contributed by atoms with Crippen LogP contribution in [0, 0.1) is 0 Å². The number of aromatic hydroxyl groups is 1. The summed E-state index contributed by atoms with van der Waals surface area (Å²) in [7, 11) is 0. The molecule has 0 bridgehead atoms. The number of aliphatic carboxylic acids is 1. The first kappa shape index (κ1) is 30.9. The third-order valence-corrected chi connectivity index (χ3v) is 6.56. The van der Waals surface area contributed by atoms with E-state index in [-0.39, 0.29) is 43.4 Å². The van der Waals surface area contributed by atoms with Crippen LogP contribution in [0.2, 0.25) is 0 Å². The maximum absolute atomic E-state index is 13.5. The van der Waals surface area contributed by atoms with Gasteiger partial charge >= 0.3 is 5.97 Å². The van der Waals surface area contributed by atoms with Crippen molar-refractivity contribution in [3.63, 3.8) is 0 Å². The molecule has 11 N–H and O–H groups in total. The van der Waals surface area contributed by atoms with E-state index in [2.05, 4.69) is 36.2 Å². The number of aromatic nitrogens is 2. The molecule has 222 valence electrons. The van der Waals surface area contributed by atoms with Gasteiger partial charge in [0.15, 0.2) is 5.96 Å². The summed E-state index contributed by atoms with van der Waals surface area (Å²) in [4.78, 5) is 62.3. The third-order valence-electron chi connectivity index (χ3n) is 6.56. The normalized spacial score (nSPS) is 16.6. The number of nitrogens with two attached hydrogens (primary N) is 2. The van der Waals surface area contributed by atoms with Gasteiger partial charge in [-0.1, -0.05) is 12.1 Å². The van der Waals surface area contributed by atoms with Crippen LogP contribution in [0.3, 0.4) is 0 Å². The highest BCUT2D eigenvalue weighted by atomic mass is 16.4. The van der Waals surface area contributed by atoms with Crippen molar-refractivity contribution in [2.24, 2.45) is 16.5 Å². The highest BCUT2D eigenvalue weighted by Gasteiger charge is 2.31. The highest BCUT2D eigenvalue weighted by Crippen LogP contribution is 2.12. The Labute approximate surface area is 236 Å². The largest absolute Gasteiger partial charge is 0.508 e. The molecule has 3 amide bonds. The van der Waals surface area contributed by atoms with Crippen molar-refractivity contribution in [3.8, 4) is 5.75 Å². The van der Waals surface area contributed by atoms with Crippen LogP contribution in [0.15, 0.2) is 41.8 Å². The Kier molecular flexibility index (Phi) is 11.5. The van der Waals surface area contributed by atoms with E-state index in [0.717, 1.165) is 6.42 Å². The van der Waals surface area contributed by atoms with E-state index < -0.39 is 42.0 Å². The Balaban J connectivity index is 1.75. The number of carboxylic acid groups (broad SMARTS) is 1. The molecule has 0 aliphatic carbocycles.